The number of nitrogens with zero attached hydrogens (tertiary/aromatic N) is 1. The topological polar surface area (TPSA) is 65.5 Å². The summed E-state index contributed by atoms with van der Waals surface area (Å²) in [6.45, 7) is 1.91. The van der Waals surface area contributed by atoms with Gasteiger partial charge in [0.15, 0.2) is 0 Å². The Morgan fingerprint density at radius 1 is 1.27 bits per heavy atom. The maximum atomic E-state index is 11.9. The minimum Gasteiger partial charge on any atom is -0.464 e. The van der Waals surface area contributed by atoms with Crippen LogP contribution in [0.5, 0.6) is 5.88 Å². The Balaban J connectivity index is 1.77. The van der Waals surface area contributed by atoms with Crippen molar-refractivity contribution in [3.05, 3.63) is 47.0 Å². The molecule has 5 nitrogen and oxygen atoms in total. The number of fused-ring (bicyclic) bond motifs is 1. The predicted octanol–water partition coefficient (Wildman–Crippen LogP) is 6.18. The Labute approximate surface area is 158 Å². The fraction of sp³-hybridized carbons (Fsp3) is 0.158. The van der Waals surface area contributed by atoms with Crippen LogP contribution in [0.2, 0.25) is 4.34 Å². The summed E-state index contributed by atoms with van der Waals surface area (Å²) in [7, 11) is 0. The van der Waals surface area contributed by atoms with Crippen molar-refractivity contribution in [2.75, 3.05) is 0 Å². The first kappa shape index (κ1) is 16.9. The molecule has 0 unspecified atom stereocenters. The highest BCUT2D eigenvalue weighted by atomic mass is 35.5. The van der Waals surface area contributed by atoms with E-state index >= 15 is 0 Å². The summed E-state index contributed by atoms with van der Waals surface area (Å²) in [6, 6.07) is 11.0. The van der Waals surface area contributed by atoms with E-state index in [-0.39, 0.29) is 11.8 Å². The number of hydrogen-bond acceptors (Lipinski definition) is 6. The number of benzene rings is 1. The minimum absolute atomic E-state index is 0.157. The molecule has 3 aromatic heterocycles. The average molecular weight is 388 g/mol. The van der Waals surface area contributed by atoms with E-state index in [9.17, 15) is 4.79 Å². The third kappa shape index (κ3) is 3.25. The summed E-state index contributed by atoms with van der Waals surface area (Å²) in [6.07, 6.45) is 2.63. The van der Waals surface area contributed by atoms with Crippen LogP contribution in [0.3, 0.4) is 0 Å². The van der Waals surface area contributed by atoms with Crippen LogP contribution in [0.1, 0.15) is 19.8 Å². The van der Waals surface area contributed by atoms with E-state index in [4.69, 9.17) is 25.2 Å². The van der Waals surface area contributed by atoms with Crippen molar-refractivity contribution < 1.29 is 18.4 Å². The standard InChI is InChI=1S/C19H14ClNO4S/c1-2-3-16(22)24-19-17(14-6-7-15(20)26-14)25-18(21-19)12-4-5-13-11(10-12)8-9-23-13/h4-10H,2-3H2,1H3. The number of aromatic nitrogens is 1. The minimum atomic E-state index is -0.346. The quantitative estimate of drug-likeness (QED) is 0.383. The Bertz CT molecular complexity index is 1080. The molecule has 0 aliphatic rings. The molecule has 0 N–H and O–H groups in total. The molecule has 0 radical (unpaired) electrons. The summed E-state index contributed by atoms with van der Waals surface area (Å²) in [4.78, 5) is 17.1. The van der Waals surface area contributed by atoms with Crippen LogP contribution in [0.4, 0.5) is 0 Å². The lowest BCUT2D eigenvalue weighted by Crippen LogP contribution is -2.07. The first-order chi connectivity index (χ1) is 12.6. The number of halogens is 1. The molecule has 0 amide bonds. The zero-order chi connectivity index (χ0) is 18.1. The van der Waals surface area contributed by atoms with E-state index in [1.807, 2.05) is 37.3 Å². The molecular formula is C19H14ClNO4S. The van der Waals surface area contributed by atoms with Gasteiger partial charge in [-0.25, -0.2) is 0 Å². The summed E-state index contributed by atoms with van der Waals surface area (Å²) < 4.78 is 17.3. The molecule has 0 atom stereocenters. The second-order valence-electron chi connectivity index (χ2n) is 5.65. The molecule has 132 valence electrons. The lowest BCUT2D eigenvalue weighted by Gasteiger charge is -2.00. The van der Waals surface area contributed by atoms with Gasteiger partial charge in [-0.2, -0.15) is 4.98 Å². The number of thiophene rings is 1. The van der Waals surface area contributed by atoms with Crippen LogP contribution in [-0.2, 0) is 4.79 Å². The number of rotatable bonds is 5. The van der Waals surface area contributed by atoms with Crippen LogP contribution < -0.4 is 4.74 Å². The third-order valence-corrected chi connectivity index (χ3v) is 4.99. The highest BCUT2D eigenvalue weighted by Gasteiger charge is 2.22. The number of carbonyl (C=O) groups excluding carboxylic acids is 1. The first-order valence-corrected chi connectivity index (χ1v) is 9.28. The normalized spacial score (nSPS) is 11.2. The smallest absolute Gasteiger partial charge is 0.312 e. The van der Waals surface area contributed by atoms with Gasteiger partial charge in [-0.05, 0) is 42.8 Å². The van der Waals surface area contributed by atoms with E-state index in [1.165, 1.54) is 11.3 Å². The number of furan rings is 1. The van der Waals surface area contributed by atoms with Gasteiger partial charge < -0.3 is 13.6 Å². The molecule has 0 saturated carbocycles. The number of ether oxygens (including phenoxy) is 1. The molecule has 4 aromatic rings. The zero-order valence-electron chi connectivity index (χ0n) is 13.8. The molecule has 0 aliphatic carbocycles. The summed E-state index contributed by atoms with van der Waals surface area (Å²) >= 11 is 7.37. The summed E-state index contributed by atoms with van der Waals surface area (Å²) in [5.74, 6) is 0.575. The van der Waals surface area contributed by atoms with E-state index in [0.29, 0.717) is 28.8 Å². The Kier molecular flexibility index (Phi) is 4.53. The van der Waals surface area contributed by atoms with Gasteiger partial charge in [0.25, 0.3) is 5.88 Å². The lowest BCUT2D eigenvalue weighted by molar-refractivity contribution is -0.134. The number of esters is 1. The molecular weight excluding hydrogens is 374 g/mol. The van der Waals surface area contributed by atoms with E-state index < -0.39 is 0 Å². The van der Waals surface area contributed by atoms with Gasteiger partial charge in [0, 0.05) is 17.4 Å². The van der Waals surface area contributed by atoms with Crippen LogP contribution >= 0.6 is 22.9 Å². The first-order valence-electron chi connectivity index (χ1n) is 8.09. The van der Waals surface area contributed by atoms with Crippen molar-refractivity contribution in [3.8, 4) is 28.0 Å². The van der Waals surface area contributed by atoms with Crippen molar-refractivity contribution in [1.29, 1.82) is 0 Å². The van der Waals surface area contributed by atoms with Crippen molar-refractivity contribution in [3.63, 3.8) is 0 Å². The van der Waals surface area contributed by atoms with Crippen molar-refractivity contribution in [2.45, 2.75) is 19.8 Å². The van der Waals surface area contributed by atoms with Crippen LogP contribution in [0.25, 0.3) is 33.1 Å². The van der Waals surface area contributed by atoms with Gasteiger partial charge in [-0.15, -0.1) is 11.3 Å². The Hall–Kier alpha value is -2.57. The number of hydrogen-bond donors (Lipinski definition) is 0. The summed E-state index contributed by atoms with van der Waals surface area (Å²) in [5.41, 5.74) is 1.54. The molecule has 1 aromatic carbocycles. The maximum absolute atomic E-state index is 11.9. The average Bonchev–Trinajstić information content (AvgIpc) is 3.33. The van der Waals surface area contributed by atoms with Gasteiger partial charge in [-0.3, -0.25) is 4.79 Å². The number of carbonyl (C=O) groups is 1. The summed E-state index contributed by atoms with van der Waals surface area (Å²) in [5, 5.41) is 0.936. The fourth-order valence-electron chi connectivity index (χ4n) is 2.55. The molecule has 26 heavy (non-hydrogen) atoms. The molecule has 0 saturated heterocycles. The van der Waals surface area contributed by atoms with Crippen molar-refractivity contribution in [2.24, 2.45) is 0 Å². The second-order valence-corrected chi connectivity index (χ2v) is 7.37. The van der Waals surface area contributed by atoms with Gasteiger partial charge in [-0.1, -0.05) is 18.5 Å². The van der Waals surface area contributed by atoms with E-state index in [1.54, 1.807) is 12.3 Å². The van der Waals surface area contributed by atoms with Gasteiger partial charge in [0.2, 0.25) is 11.7 Å². The SMILES string of the molecule is CCCC(=O)Oc1nc(-c2ccc3occc3c2)oc1-c1ccc(Cl)s1. The highest BCUT2D eigenvalue weighted by Crippen LogP contribution is 2.40. The number of oxazole rings is 1. The van der Waals surface area contributed by atoms with Crippen LogP contribution in [0.15, 0.2) is 51.5 Å². The Morgan fingerprint density at radius 3 is 2.92 bits per heavy atom. The molecule has 0 aliphatic heterocycles. The predicted molar refractivity (Wildman–Crippen MR) is 101 cm³/mol. The van der Waals surface area contributed by atoms with Crippen LogP contribution in [-0.4, -0.2) is 11.0 Å². The molecule has 0 bridgehead atoms. The highest BCUT2D eigenvalue weighted by molar-refractivity contribution is 7.19. The molecule has 0 spiro atoms. The van der Waals surface area contributed by atoms with Crippen molar-refractivity contribution in [1.82, 2.24) is 4.98 Å². The second kappa shape index (κ2) is 6.97. The van der Waals surface area contributed by atoms with Crippen LogP contribution in [0, 0.1) is 0 Å². The Morgan fingerprint density at radius 2 is 2.15 bits per heavy atom. The fourth-order valence-corrected chi connectivity index (χ4v) is 3.57. The van der Waals surface area contributed by atoms with Gasteiger partial charge >= 0.3 is 5.97 Å². The molecule has 0 fully saturated rings. The van der Waals surface area contributed by atoms with Crippen molar-refractivity contribution >= 4 is 39.9 Å². The molecule has 4 rings (SSSR count). The molecule has 7 heteroatoms. The maximum Gasteiger partial charge on any atom is 0.312 e. The van der Waals surface area contributed by atoms with E-state index in [2.05, 4.69) is 4.98 Å². The lowest BCUT2D eigenvalue weighted by atomic mass is 10.1. The monoisotopic (exact) mass is 387 g/mol. The van der Waals surface area contributed by atoms with E-state index in [0.717, 1.165) is 21.4 Å². The largest absolute Gasteiger partial charge is 0.464 e. The molecule has 3 heterocycles. The zero-order valence-corrected chi connectivity index (χ0v) is 15.4. The van der Waals surface area contributed by atoms with Gasteiger partial charge in [0.1, 0.15) is 5.58 Å². The van der Waals surface area contributed by atoms with Gasteiger partial charge in [0.05, 0.1) is 15.5 Å². The third-order valence-electron chi connectivity index (χ3n) is 3.76.